The van der Waals surface area contributed by atoms with Crippen molar-refractivity contribution in [3.63, 3.8) is 0 Å². The number of aromatic amines is 2. The maximum Gasteiger partial charge on any atom is 0.260 e. The quantitative estimate of drug-likeness (QED) is 0.667. The topological polar surface area (TPSA) is 86.5 Å². The van der Waals surface area contributed by atoms with Crippen LogP contribution in [0.1, 0.15) is 10.4 Å². The summed E-state index contributed by atoms with van der Waals surface area (Å²) in [5.74, 6) is 0.307. The van der Waals surface area contributed by atoms with Gasteiger partial charge < -0.3 is 5.32 Å². The number of nitrogens with one attached hydrogen (secondary N) is 3. The molecule has 1 amide bonds. The van der Waals surface area contributed by atoms with Crippen LogP contribution in [-0.2, 0) is 0 Å². The highest BCUT2D eigenvalue weighted by Gasteiger charge is 2.15. The van der Waals surface area contributed by atoms with Gasteiger partial charge in [-0.15, -0.1) is 0 Å². The Morgan fingerprint density at radius 1 is 1.05 bits per heavy atom. The van der Waals surface area contributed by atoms with Gasteiger partial charge in [-0.25, -0.2) is 0 Å². The zero-order chi connectivity index (χ0) is 13.1. The van der Waals surface area contributed by atoms with E-state index in [1.165, 1.54) is 6.20 Å². The van der Waals surface area contributed by atoms with Crippen molar-refractivity contribution < 1.29 is 4.79 Å². The molecule has 19 heavy (non-hydrogen) atoms. The normalized spacial score (nSPS) is 10.3. The van der Waals surface area contributed by atoms with Gasteiger partial charge in [0.2, 0.25) is 0 Å². The Morgan fingerprint density at radius 2 is 1.89 bits per heavy atom. The smallest absolute Gasteiger partial charge is 0.260 e. The molecule has 2 heterocycles. The second-order valence-corrected chi connectivity index (χ2v) is 3.95. The summed E-state index contributed by atoms with van der Waals surface area (Å²) in [6, 6.07) is 11.3. The molecule has 0 bridgehead atoms. The molecule has 0 saturated carbocycles. The lowest BCUT2D eigenvalue weighted by molar-refractivity contribution is 0.102. The summed E-state index contributed by atoms with van der Waals surface area (Å²) < 4.78 is 0. The molecule has 1 aromatic carbocycles. The summed E-state index contributed by atoms with van der Waals surface area (Å²) in [5.41, 5.74) is 2.09. The van der Waals surface area contributed by atoms with Crippen molar-refractivity contribution in [1.82, 2.24) is 20.4 Å². The average Bonchev–Trinajstić information content (AvgIpc) is 3.10. The first-order valence-electron chi connectivity index (χ1n) is 5.74. The van der Waals surface area contributed by atoms with Crippen molar-refractivity contribution >= 4 is 11.7 Å². The maximum atomic E-state index is 12.1. The van der Waals surface area contributed by atoms with Crippen molar-refractivity contribution in [2.24, 2.45) is 0 Å². The number of nitrogens with zero attached hydrogens (tertiary/aromatic N) is 2. The van der Waals surface area contributed by atoms with E-state index in [9.17, 15) is 4.79 Å². The van der Waals surface area contributed by atoms with Crippen LogP contribution in [-0.4, -0.2) is 26.3 Å². The third kappa shape index (κ3) is 2.23. The Labute approximate surface area is 108 Å². The molecule has 3 rings (SSSR count). The van der Waals surface area contributed by atoms with Gasteiger partial charge in [0.25, 0.3) is 5.91 Å². The lowest BCUT2D eigenvalue weighted by Gasteiger charge is -2.03. The molecule has 6 nitrogen and oxygen atoms in total. The van der Waals surface area contributed by atoms with Crippen LogP contribution in [0.3, 0.4) is 0 Å². The van der Waals surface area contributed by atoms with Gasteiger partial charge in [0.15, 0.2) is 0 Å². The highest BCUT2D eigenvalue weighted by atomic mass is 16.1. The first kappa shape index (κ1) is 11.2. The Morgan fingerprint density at radius 3 is 2.63 bits per heavy atom. The fraction of sp³-hybridized carbons (Fsp3) is 0. The SMILES string of the molecule is O=C(Nc1ccn[nH]1)c1cn[nH]c1-c1ccccc1. The predicted molar refractivity (Wildman–Crippen MR) is 70.6 cm³/mol. The molecule has 94 valence electrons. The second-order valence-electron chi connectivity index (χ2n) is 3.95. The van der Waals surface area contributed by atoms with E-state index in [0.29, 0.717) is 17.1 Å². The van der Waals surface area contributed by atoms with Crippen LogP contribution in [0.15, 0.2) is 48.8 Å². The zero-order valence-electron chi connectivity index (χ0n) is 9.92. The van der Waals surface area contributed by atoms with Crippen LogP contribution >= 0.6 is 0 Å². The molecule has 0 atom stereocenters. The summed E-state index contributed by atoms with van der Waals surface area (Å²) in [5, 5.41) is 16.0. The van der Waals surface area contributed by atoms with Gasteiger partial charge in [-0.3, -0.25) is 15.0 Å². The molecular weight excluding hydrogens is 242 g/mol. The fourth-order valence-electron chi connectivity index (χ4n) is 1.80. The molecule has 0 aliphatic rings. The lowest BCUT2D eigenvalue weighted by atomic mass is 10.1. The van der Waals surface area contributed by atoms with Crippen LogP contribution in [0.5, 0.6) is 0 Å². The van der Waals surface area contributed by atoms with E-state index in [1.54, 1.807) is 12.3 Å². The number of carbonyl (C=O) groups is 1. The molecule has 0 fully saturated rings. The van der Waals surface area contributed by atoms with Gasteiger partial charge in [-0.2, -0.15) is 10.2 Å². The number of carbonyl (C=O) groups excluding carboxylic acids is 1. The van der Waals surface area contributed by atoms with E-state index < -0.39 is 0 Å². The summed E-state index contributed by atoms with van der Waals surface area (Å²) in [4.78, 5) is 12.1. The Balaban J connectivity index is 1.90. The first-order valence-corrected chi connectivity index (χ1v) is 5.74. The molecule has 0 unspecified atom stereocenters. The molecule has 3 N–H and O–H groups in total. The Kier molecular flexibility index (Phi) is 2.82. The van der Waals surface area contributed by atoms with Crippen molar-refractivity contribution in [3.8, 4) is 11.3 Å². The standard InChI is InChI=1S/C13H11N5O/c19-13(16-11-6-7-14-17-11)10-8-15-18-12(10)9-4-2-1-3-5-9/h1-8H,(H,15,18)(H2,14,16,17,19). The van der Waals surface area contributed by atoms with Crippen molar-refractivity contribution in [3.05, 3.63) is 54.4 Å². The monoisotopic (exact) mass is 253 g/mol. The highest BCUT2D eigenvalue weighted by Crippen LogP contribution is 2.21. The molecule has 6 heteroatoms. The Bertz CT molecular complexity index is 672. The summed E-state index contributed by atoms with van der Waals surface area (Å²) in [6.45, 7) is 0. The number of benzene rings is 1. The number of anilines is 1. The van der Waals surface area contributed by atoms with E-state index in [4.69, 9.17) is 0 Å². The zero-order valence-corrected chi connectivity index (χ0v) is 9.92. The number of aromatic nitrogens is 4. The Hall–Kier alpha value is -2.89. The summed E-state index contributed by atoms with van der Waals surface area (Å²) in [6.07, 6.45) is 3.08. The highest BCUT2D eigenvalue weighted by molar-refractivity contribution is 6.07. The van der Waals surface area contributed by atoms with E-state index in [2.05, 4.69) is 25.7 Å². The second kappa shape index (κ2) is 4.77. The van der Waals surface area contributed by atoms with E-state index in [0.717, 1.165) is 5.56 Å². The van der Waals surface area contributed by atoms with Crippen LogP contribution in [0.2, 0.25) is 0 Å². The van der Waals surface area contributed by atoms with Crippen molar-refractivity contribution in [2.45, 2.75) is 0 Å². The number of hydrogen-bond acceptors (Lipinski definition) is 3. The van der Waals surface area contributed by atoms with Gasteiger partial charge in [0.05, 0.1) is 23.7 Å². The van der Waals surface area contributed by atoms with E-state index >= 15 is 0 Å². The summed E-state index contributed by atoms with van der Waals surface area (Å²) >= 11 is 0. The largest absolute Gasteiger partial charge is 0.307 e. The first-order chi connectivity index (χ1) is 9.34. The molecular formula is C13H11N5O. The van der Waals surface area contributed by atoms with Crippen LogP contribution in [0.4, 0.5) is 5.82 Å². The van der Waals surface area contributed by atoms with Gasteiger partial charge in [-0.1, -0.05) is 30.3 Å². The molecule has 0 saturated heterocycles. The van der Waals surface area contributed by atoms with E-state index in [1.807, 2.05) is 30.3 Å². The van der Waals surface area contributed by atoms with E-state index in [-0.39, 0.29) is 5.91 Å². The molecule has 0 radical (unpaired) electrons. The molecule has 0 aliphatic carbocycles. The third-order valence-electron chi connectivity index (χ3n) is 2.70. The molecule has 0 aliphatic heterocycles. The molecule has 2 aromatic heterocycles. The molecule has 3 aromatic rings. The number of amides is 1. The van der Waals surface area contributed by atoms with Gasteiger partial charge in [0, 0.05) is 11.6 Å². The summed E-state index contributed by atoms with van der Waals surface area (Å²) in [7, 11) is 0. The average molecular weight is 253 g/mol. The number of rotatable bonds is 3. The lowest BCUT2D eigenvalue weighted by Crippen LogP contribution is -2.12. The van der Waals surface area contributed by atoms with Crippen molar-refractivity contribution in [2.75, 3.05) is 5.32 Å². The predicted octanol–water partition coefficient (Wildman–Crippen LogP) is 2.05. The van der Waals surface area contributed by atoms with Crippen LogP contribution < -0.4 is 5.32 Å². The third-order valence-corrected chi connectivity index (χ3v) is 2.70. The van der Waals surface area contributed by atoms with Crippen molar-refractivity contribution in [1.29, 1.82) is 0 Å². The van der Waals surface area contributed by atoms with Crippen LogP contribution in [0, 0.1) is 0 Å². The minimum Gasteiger partial charge on any atom is -0.307 e. The maximum absolute atomic E-state index is 12.1. The minimum atomic E-state index is -0.239. The van der Waals surface area contributed by atoms with Crippen LogP contribution in [0.25, 0.3) is 11.3 Å². The van der Waals surface area contributed by atoms with Gasteiger partial charge in [0.1, 0.15) is 5.82 Å². The minimum absolute atomic E-state index is 0.239. The molecule has 0 spiro atoms. The van der Waals surface area contributed by atoms with Gasteiger partial charge in [-0.05, 0) is 0 Å². The number of hydrogen-bond donors (Lipinski definition) is 3. The number of H-pyrrole nitrogens is 2. The fourth-order valence-corrected chi connectivity index (χ4v) is 1.80. The van der Waals surface area contributed by atoms with Gasteiger partial charge >= 0.3 is 0 Å².